The summed E-state index contributed by atoms with van der Waals surface area (Å²) in [6, 6.07) is 8.30. The molecule has 1 aromatic rings. The Balaban J connectivity index is 2.32. The molecule has 0 atom stereocenters. The van der Waals surface area contributed by atoms with Crippen LogP contribution in [0.3, 0.4) is 0 Å². The number of hydrogen-bond donors (Lipinski definition) is 1. The molecule has 0 aromatic heterocycles. The van der Waals surface area contributed by atoms with Gasteiger partial charge in [-0.2, -0.15) is 0 Å². The molecule has 1 amide bonds. The zero-order valence-corrected chi connectivity index (χ0v) is 12.9. The fourth-order valence-electron chi connectivity index (χ4n) is 1.90. The Morgan fingerprint density at radius 1 is 1.37 bits per heavy atom. The highest BCUT2D eigenvalue weighted by Crippen LogP contribution is 2.19. The van der Waals surface area contributed by atoms with Crippen molar-refractivity contribution in [1.82, 2.24) is 5.32 Å². The molecule has 0 radical (unpaired) electrons. The fraction of sp³-hybridized carbons (Fsp3) is 0.562. The Hall–Kier alpha value is -1.02. The maximum atomic E-state index is 11.8. The second kappa shape index (κ2) is 7.54. The number of hydrogen-bond acceptors (Lipinski definition) is 1. The van der Waals surface area contributed by atoms with Crippen molar-refractivity contribution < 1.29 is 4.79 Å². The highest BCUT2D eigenvalue weighted by Gasteiger charge is 2.17. The zero-order chi connectivity index (χ0) is 14.3. The molecule has 106 valence electrons. The van der Waals surface area contributed by atoms with E-state index in [4.69, 9.17) is 11.6 Å². The van der Waals surface area contributed by atoms with Crippen LogP contribution >= 0.6 is 11.6 Å². The van der Waals surface area contributed by atoms with Gasteiger partial charge in [-0.25, -0.2) is 0 Å². The van der Waals surface area contributed by atoms with E-state index in [9.17, 15) is 4.79 Å². The summed E-state index contributed by atoms with van der Waals surface area (Å²) in [5.41, 5.74) is 2.53. The third-order valence-corrected chi connectivity index (χ3v) is 3.45. The van der Waals surface area contributed by atoms with E-state index in [0.717, 1.165) is 12.8 Å². The summed E-state index contributed by atoms with van der Waals surface area (Å²) < 4.78 is 0. The summed E-state index contributed by atoms with van der Waals surface area (Å²) in [6.07, 6.45) is 2.25. The predicted molar refractivity (Wildman–Crippen MR) is 81.6 cm³/mol. The minimum absolute atomic E-state index is 0.0702. The number of aryl methyl sites for hydroxylation is 2. The number of benzene rings is 1. The third kappa shape index (κ3) is 6.63. The average molecular weight is 282 g/mol. The van der Waals surface area contributed by atoms with E-state index in [1.165, 1.54) is 11.1 Å². The number of nitrogens with one attached hydrogen (secondary N) is 1. The zero-order valence-electron chi connectivity index (χ0n) is 12.1. The number of alkyl halides is 1. The van der Waals surface area contributed by atoms with Gasteiger partial charge < -0.3 is 5.32 Å². The van der Waals surface area contributed by atoms with Crippen molar-refractivity contribution in [1.29, 1.82) is 0 Å². The smallest absolute Gasteiger partial charge is 0.220 e. The number of carbonyl (C=O) groups excluding carboxylic acids is 1. The van der Waals surface area contributed by atoms with Crippen molar-refractivity contribution in [2.75, 3.05) is 12.4 Å². The Kier molecular flexibility index (Phi) is 6.36. The maximum Gasteiger partial charge on any atom is 0.220 e. The average Bonchev–Trinajstić information content (AvgIpc) is 2.34. The molecule has 0 heterocycles. The van der Waals surface area contributed by atoms with Gasteiger partial charge >= 0.3 is 0 Å². The van der Waals surface area contributed by atoms with Crippen LogP contribution in [0.15, 0.2) is 24.3 Å². The van der Waals surface area contributed by atoms with Crippen molar-refractivity contribution in [3.8, 4) is 0 Å². The van der Waals surface area contributed by atoms with Crippen LogP contribution in [0, 0.1) is 12.3 Å². The lowest BCUT2D eigenvalue weighted by Crippen LogP contribution is -2.34. The standard InChI is InChI=1S/C16H24ClNO/c1-13-5-4-6-14(11-13)7-8-15(19)18-12-16(2,3)9-10-17/h4-6,11H,7-10,12H2,1-3H3,(H,18,19). The van der Waals surface area contributed by atoms with Crippen molar-refractivity contribution in [2.24, 2.45) is 5.41 Å². The van der Waals surface area contributed by atoms with Crippen molar-refractivity contribution >= 4 is 17.5 Å². The Bertz CT molecular complexity index is 415. The van der Waals surface area contributed by atoms with Gasteiger partial charge in [-0.15, -0.1) is 11.6 Å². The van der Waals surface area contributed by atoms with Gasteiger partial charge in [0.1, 0.15) is 0 Å². The van der Waals surface area contributed by atoms with E-state index < -0.39 is 0 Å². The molecule has 0 aliphatic heterocycles. The molecule has 3 heteroatoms. The number of halogens is 1. The predicted octanol–water partition coefficient (Wildman–Crippen LogP) is 3.70. The van der Waals surface area contributed by atoms with Gasteiger partial charge in [0.15, 0.2) is 0 Å². The van der Waals surface area contributed by atoms with Gasteiger partial charge in [0, 0.05) is 18.8 Å². The molecular weight excluding hydrogens is 258 g/mol. The SMILES string of the molecule is Cc1cccc(CCC(=O)NCC(C)(C)CCCl)c1. The van der Waals surface area contributed by atoms with E-state index in [2.05, 4.69) is 44.3 Å². The minimum Gasteiger partial charge on any atom is -0.356 e. The summed E-state index contributed by atoms with van der Waals surface area (Å²) >= 11 is 5.74. The summed E-state index contributed by atoms with van der Waals surface area (Å²) in [5, 5.41) is 3.00. The normalized spacial score (nSPS) is 11.4. The van der Waals surface area contributed by atoms with Crippen LogP contribution in [-0.2, 0) is 11.2 Å². The Morgan fingerprint density at radius 2 is 2.11 bits per heavy atom. The van der Waals surface area contributed by atoms with E-state index in [1.54, 1.807) is 0 Å². The molecule has 0 aliphatic rings. The number of amides is 1. The molecule has 0 saturated carbocycles. The lowest BCUT2D eigenvalue weighted by molar-refractivity contribution is -0.121. The quantitative estimate of drug-likeness (QED) is 0.759. The first-order valence-electron chi connectivity index (χ1n) is 6.81. The molecule has 1 aromatic carbocycles. The summed E-state index contributed by atoms with van der Waals surface area (Å²) in [7, 11) is 0. The molecule has 1 N–H and O–H groups in total. The molecule has 0 spiro atoms. The first-order valence-corrected chi connectivity index (χ1v) is 7.35. The van der Waals surface area contributed by atoms with Gasteiger partial charge in [0.2, 0.25) is 5.91 Å². The molecule has 2 nitrogen and oxygen atoms in total. The van der Waals surface area contributed by atoms with Crippen LogP contribution < -0.4 is 5.32 Å². The van der Waals surface area contributed by atoms with Gasteiger partial charge in [-0.3, -0.25) is 4.79 Å². The van der Waals surface area contributed by atoms with Gasteiger partial charge in [0.05, 0.1) is 0 Å². The van der Waals surface area contributed by atoms with Crippen LogP contribution in [-0.4, -0.2) is 18.3 Å². The van der Waals surface area contributed by atoms with E-state index >= 15 is 0 Å². The van der Waals surface area contributed by atoms with E-state index in [0.29, 0.717) is 18.8 Å². The third-order valence-electron chi connectivity index (χ3n) is 3.26. The Morgan fingerprint density at radius 3 is 2.74 bits per heavy atom. The monoisotopic (exact) mass is 281 g/mol. The first kappa shape index (κ1) is 16.0. The van der Waals surface area contributed by atoms with Crippen LogP contribution in [0.25, 0.3) is 0 Å². The molecule has 0 aliphatic carbocycles. The summed E-state index contributed by atoms with van der Waals surface area (Å²) in [5.74, 6) is 0.746. The lowest BCUT2D eigenvalue weighted by atomic mass is 9.90. The minimum atomic E-state index is 0.0702. The fourth-order valence-corrected chi connectivity index (χ4v) is 2.41. The van der Waals surface area contributed by atoms with Crippen molar-refractivity contribution in [3.05, 3.63) is 35.4 Å². The molecule has 0 bridgehead atoms. The van der Waals surface area contributed by atoms with Crippen molar-refractivity contribution in [2.45, 2.75) is 40.0 Å². The van der Waals surface area contributed by atoms with Crippen LogP contribution in [0.4, 0.5) is 0 Å². The number of rotatable bonds is 7. The van der Waals surface area contributed by atoms with E-state index in [-0.39, 0.29) is 11.3 Å². The number of carbonyl (C=O) groups is 1. The summed E-state index contributed by atoms with van der Waals surface area (Å²) in [6.45, 7) is 7.00. The molecule has 1 rings (SSSR count). The van der Waals surface area contributed by atoms with Gasteiger partial charge in [0.25, 0.3) is 0 Å². The first-order chi connectivity index (χ1) is 8.93. The summed E-state index contributed by atoms with van der Waals surface area (Å²) in [4.78, 5) is 11.8. The van der Waals surface area contributed by atoms with E-state index in [1.807, 2.05) is 6.07 Å². The van der Waals surface area contributed by atoms with Crippen LogP contribution in [0.2, 0.25) is 0 Å². The van der Waals surface area contributed by atoms with Gasteiger partial charge in [-0.05, 0) is 30.7 Å². The largest absolute Gasteiger partial charge is 0.356 e. The van der Waals surface area contributed by atoms with Gasteiger partial charge in [-0.1, -0.05) is 43.7 Å². The maximum absolute atomic E-state index is 11.8. The molecule has 0 saturated heterocycles. The van der Waals surface area contributed by atoms with Crippen LogP contribution in [0.1, 0.15) is 37.8 Å². The molecular formula is C16H24ClNO. The second-order valence-corrected chi connectivity index (χ2v) is 6.25. The van der Waals surface area contributed by atoms with Crippen molar-refractivity contribution in [3.63, 3.8) is 0 Å². The topological polar surface area (TPSA) is 29.1 Å². The second-order valence-electron chi connectivity index (χ2n) is 5.87. The lowest BCUT2D eigenvalue weighted by Gasteiger charge is -2.23. The highest BCUT2D eigenvalue weighted by atomic mass is 35.5. The molecule has 0 unspecified atom stereocenters. The molecule has 19 heavy (non-hydrogen) atoms. The Labute approximate surface area is 121 Å². The van der Waals surface area contributed by atoms with Crippen LogP contribution in [0.5, 0.6) is 0 Å². The highest BCUT2D eigenvalue weighted by molar-refractivity contribution is 6.17. The molecule has 0 fully saturated rings.